The Kier molecular flexibility index (Phi) is 7.04. The van der Waals surface area contributed by atoms with Crippen molar-refractivity contribution in [2.75, 3.05) is 25.0 Å². The molecule has 37 heavy (non-hydrogen) atoms. The van der Waals surface area contributed by atoms with Gasteiger partial charge in [0, 0.05) is 35.0 Å². The topological polar surface area (TPSA) is 108 Å². The van der Waals surface area contributed by atoms with Crippen molar-refractivity contribution in [2.45, 2.75) is 70.1 Å². The summed E-state index contributed by atoms with van der Waals surface area (Å²) >= 11 is 6.42. The lowest BCUT2D eigenvalue weighted by Crippen LogP contribution is -2.59. The van der Waals surface area contributed by atoms with Crippen LogP contribution < -0.4 is 5.32 Å². The molecule has 1 saturated carbocycles. The summed E-state index contributed by atoms with van der Waals surface area (Å²) in [5, 5.41) is 15.7. The highest BCUT2D eigenvalue weighted by atomic mass is 35.5. The Morgan fingerprint density at radius 3 is 2.76 bits per heavy atom. The van der Waals surface area contributed by atoms with Crippen molar-refractivity contribution in [2.24, 2.45) is 5.92 Å². The van der Waals surface area contributed by atoms with Gasteiger partial charge in [-0.15, -0.1) is 0 Å². The molecule has 1 amide bonds. The minimum Gasteiger partial charge on any atom is -0.390 e. The SMILES string of the molecule is CC1(O)CCC(CC(=O)CN2CC(C)(C)OCC2C(=O)Nc2cc(Cl)cc3c2[nH]c2cnccc23)CC1. The quantitative estimate of drug-likeness (QED) is 0.430. The molecular weight excluding hydrogens is 492 g/mol. The van der Waals surface area contributed by atoms with Crippen LogP contribution in [0.3, 0.4) is 0 Å². The number of nitrogens with one attached hydrogen (secondary N) is 2. The molecule has 2 aliphatic rings. The van der Waals surface area contributed by atoms with Crippen molar-refractivity contribution in [3.8, 4) is 0 Å². The number of H-pyrrole nitrogens is 1. The van der Waals surface area contributed by atoms with Gasteiger partial charge in [0.05, 0.1) is 47.3 Å². The van der Waals surface area contributed by atoms with E-state index in [2.05, 4.69) is 15.3 Å². The van der Waals surface area contributed by atoms with E-state index in [1.807, 2.05) is 37.8 Å². The predicted molar refractivity (Wildman–Crippen MR) is 145 cm³/mol. The zero-order chi connectivity index (χ0) is 26.4. The van der Waals surface area contributed by atoms with Gasteiger partial charge in [-0.2, -0.15) is 0 Å². The number of ketones is 1. The largest absolute Gasteiger partial charge is 0.390 e. The van der Waals surface area contributed by atoms with Crippen LogP contribution in [0, 0.1) is 5.92 Å². The number of aromatic amines is 1. The summed E-state index contributed by atoms with van der Waals surface area (Å²) in [5.41, 5.74) is 1.12. The second-order valence-corrected chi connectivity index (χ2v) is 12.0. The Balaban J connectivity index is 1.32. The fourth-order valence-electron chi connectivity index (χ4n) is 5.71. The summed E-state index contributed by atoms with van der Waals surface area (Å²) in [6.45, 7) is 6.67. The number of carbonyl (C=O) groups is 2. The molecule has 2 fully saturated rings. The van der Waals surface area contributed by atoms with Crippen molar-refractivity contribution in [3.63, 3.8) is 0 Å². The van der Waals surface area contributed by atoms with Gasteiger partial charge in [0.15, 0.2) is 0 Å². The van der Waals surface area contributed by atoms with Gasteiger partial charge < -0.3 is 20.1 Å². The fraction of sp³-hybridized carbons (Fsp3) is 0.536. The summed E-state index contributed by atoms with van der Waals surface area (Å²) in [5.74, 6) is 0.165. The van der Waals surface area contributed by atoms with E-state index in [4.69, 9.17) is 16.3 Å². The Morgan fingerprint density at radius 1 is 1.24 bits per heavy atom. The number of pyridine rings is 1. The Hall–Kier alpha value is -2.52. The average Bonchev–Trinajstić information content (AvgIpc) is 3.19. The van der Waals surface area contributed by atoms with Crippen LogP contribution in [-0.4, -0.2) is 68.6 Å². The highest BCUT2D eigenvalue weighted by Gasteiger charge is 2.39. The fourth-order valence-corrected chi connectivity index (χ4v) is 5.93. The smallest absolute Gasteiger partial charge is 0.244 e. The van der Waals surface area contributed by atoms with Gasteiger partial charge in [-0.05, 0) is 70.6 Å². The molecule has 0 spiro atoms. The molecule has 3 aromatic rings. The number of nitrogens with zero attached hydrogens (tertiary/aromatic N) is 2. The number of hydrogen-bond acceptors (Lipinski definition) is 6. The lowest BCUT2D eigenvalue weighted by atomic mass is 9.78. The number of rotatable bonds is 6. The molecule has 0 radical (unpaired) electrons. The molecule has 1 atom stereocenters. The first-order chi connectivity index (χ1) is 17.5. The molecule has 198 valence electrons. The maximum atomic E-state index is 13.6. The number of aliphatic hydroxyl groups is 1. The summed E-state index contributed by atoms with van der Waals surface area (Å²) < 4.78 is 6.00. The number of fused-ring (bicyclic) bond motifs is 3. The number of carbonyl (C=O) groups excluding carboxylic acids is 2. The molecule has 9 heteroatoms. The molecule has 1 unspecified atom stereocenters. The molecule has 1 aliphatic carbocycles. The second-order valence-electron chi connectivity index (χ2n) is 11.6. The molecule has 3 heterocycles. The van der Waals surface area contributed by atoms with Gasteiger partial charge >= 0.3 is 0 Å². The molecule has 8 nitrogen and oxygen atoms in total. The number of hydrogen-bond donors (Lipinski definition) is 3. The number of ether oxygens (including phenoxy) is 1. The second kappa shape index (κ2) is 9.98. The minimum atomic E-state index is -0.621. The zero-order valence-corrected chi connectivity index (χ0v) is 22.4. The van der Waals surface area contributed by atoms with Crippen LogP contribution in [0.15, 0.2) is 30.6 Å². The lowest BCUT2D eigenvalue weighted by molar-refractivity contribution is -0.146. The molecule has 2 aromatic heterocycles. The predicted octanol–water partition coefficient (Wildman–Crippen LogP) is 4.69. The number of amides is 1. The van der Waals surface area contributed by atoms with Gasteiger partial charge in [0.2, 0.25) is 5.91 Å². The first kappa shape index (κ1) is 26.1. The number of morpholine rings is 1. The maximum Gasteiger partial charge on any atom is 0.244 e. The first-order valence-electron chi connectivity index (χ1n) is 13.0. The standard InChI is InChI=1S/C28H35ClN4O4/c1-27(2)16-33(14-19(34)10-17-4-7-28(3,36)8-5-17)24(15-37-27)26(35)32-22-12-18(29)11-21-20-6-9-30-13-23(20)31-25(21)22/h6,9,11-13,17,24,31,36H,4-5,7-8,10,14-16H2,1-3H3,(H,32,35). The molecular formula is C28H35ClN4O4. The van der Waals surface area contributed by atoms with E-state index in [9.17, 15) is 14.7 Å². The summed E-state index contributed by atoms with van der Waals surface area (Å²) in [7, 11) is 0. The van der Waals surface area contributed by atoms with Crippen LogP contribution in [0.5, 0.6) is 0 Å². The van der Waals surface area contributed by atoms with E-state index in [1.165, 1.54) is 0 Å². The molecule has 1 aliphatic heterocycles. The minimum absolute atomic E-state index is 0.121. The zero-order valence-electron chi connectivity index (χ0n) is 21.6. The third kappa shape index (κ3) is 5.82. The summed E-state index contributed by atoms with van der Waals surface area (Å²) in [4.78, 5) is 36.1. The van der Waals surface area contributed by atoms with Crippen LogP contribution >= 0.6 is 11.6 Å². The highest BCUT2D eigenvalue weighted by Crippen LogP contribution is 2.35. The van der Waals surface area contributed by atoms with Gasteiger partial charge in [0.1, 0.15) is 11.8 Å². The third-order valence-corrected chi connectivity index (χ3v) is 7.99. The average molecular weight is 527 g/mol. The van der Waals surface area contributed by atoms with Gasteiger partial charge in [-0.3, -0.25) is 19.5 Å². The number of aromatic nitrogens is 2. The number of halogens is 1. The van der Waals surface area contributed by atoms with Crippen LogP contribution in [0.4, 0.5) is 5.69 Å². The third-order valence-electron chi connectivity index (χ3n) is 7.77. The Bertz CT molecular complexity index is 1320. The van der Waals surface area contributed by atoms with E-state index >= 15 is 0 Å². The molecule has 1 aromatic carbocycles. The van der Waals surface area contributed by atoms with Crippen molar-refractivity contribution in [1.29, 1.82) is 0 Å². The van der Waals surface area contributed by atoms with Gasteiger partial charge in [-0.25, -0.2) is 0 Å². The first-order valence-corrected chi connectivity index (χ1v) is 13.4. The van der Waals surface area contributed by atoms with Crippen molar-refractivity contribution < 1.29 is 19.4 Å². The van der Waals surface area contributed by atoms with Crippen molar-refractivity contribution in [3.05, 3.63) is 35.6 Å². The molecule has 1 saturated heterocycles. The Labute approximate surface area is 221 Å². The Morgan fingerprint density at radius 2 is 2.00 bits per heavy atom. The van der Waals surface area contributed by atoms with Gasteiger partial charge in [-0.1, -0.05) is 11.6 Å². The highest BCUT2D eigenvalue weighted by molar-refractivity contribution is 6.33. The molecule has 5 rings (SSSR count). The molecule has 3 N–H and O–H groups in total. The van der Waals surface area contributed by atoms with Gasteiger partial charge in [0.25, 0.3) is 0 Å². The number of benzene rings is 1. The monoisotopic (exact) mass is 526 g/mol. The molecule has 0 bridgehead atoms. The van der Waals surface area contributed by atoms with Crippen molar-refractivity contribution in [1.82, 2.24) is 14.9 Å². The summed E-state index contributed by atoms with van der Waals surface area (Å²) in [6, 6.07) is 4.90. The van der Waals surface area contributed by atoms with Crippen LogP contribution in [0.2, 0.25) is 5.02 Å². The normalized spacial score (nSPS) is 26.4. The van der Waals surface area contributed by atoms with E-state index in [0.29, 0.717) is 23.7 Å². The van der Waals surface area contributed by atoms with Crippen LogP contribution in [0.25, 0.3) is 21.8 Å². The van der Waals surface area contributed by atoms with Crippen molar-refractivity contribution >= 4 is 50.8 Å². The number of Topliss-reactive ketones (excluding diaryl/α,β-unsaturated/α-hetero) is 1. The maximum absolute atomic E-state index is 13.6. The lowest BCUT2D eigenvalue weighted by Gasteiger charge is -2.42. The van der Waals surface area contributed by atoms with E-state index in [0.717, 1.165) is 47.5 Å². The number of anilines is 1. The van der Waals surface area contributed by atoms with Crippen LogP contribution in [0.1, 0.15) is 52.9 Å². The van der Waals surface area contributed by atoms with E-state index < -0.39 is 17.2 Å². The van der Waals surface area contributed by atoms with Crippen LogP contribution in [-0.2, 0) is 14.3 Å². The van der Waals surface area contributed by atoms with E-state index in [1.54, 1.807) is 18.5 Å². The summed E-state index contributed by atoms with van der Waals surface area (Å²) in [6.07, 6.45) is 7.08. The van der Waals surface area contributed by atoms with E-state index in [-0.39, 0.29) is 30.8 Å².